The third-order valence-corrected chi connectivity index (χ3v) is 3.54. The molecule has 1 radical (unpaired) electrons. The molecule has 0 heterocycles. The van der Waals surface area contributed by atoms with E-state index in [-0.39, 0.29) is 0 Å². The predicted molar refractivity (Wildman–Crippen MR) is 76.0 cm³/mol. The highest BCUT2D eigenvalue weighted by molar-refractivity contribution is 5.54. The minimum atomic E-state index is 0.543. The molecule has 0 bridgehead atoms. The number of hydrogen-bond donors (Lipinski definition) is 1. The Morgan fingerprint density at radius 1 is 1.50 bits per heavy atom. The van der Waals surface area contributed by atoms with Gasteiger partial charge < -0.3 is 10.1 Å². The summed E-state index contributed by atoms with van der Waals surface area (Å²) in [5.74, 6) is 0. The molecule has 0 aromatic heterocycles. The van der Waals surface area contributed by atoms with Gasteiger partial charge in [0.05, 0.1) is 6.61 Å². The van der Waals surface area contributed by atoms with Crippen LogP contribution in [-0.4, -0.2) is 19.2 Å². The van der Waals surface area contributed by atoms with Crippen molar-refractivity contribution in [3.05, 3.63) is 54.2 Å². The number of nitrogens with one attached hydrogen (secondary N) is 1. The van der Waals surface area contributed by atoms with Crippen LogP contribution in [0.25, 0.3) is 0 Å². The van der Waals surface area contributed by atoms with Crippen LogP contribution in [0.2, 0.25) is 0 Å². The lowest BCUT2D eigenvalue weighted by Gasteiger charge is -2.31. The average molecular weight is 244 g/mol. The first-order valence-electron chi connectivity index (χ1n) is 6.70. The van der Waals surface area contributed by atoms with Gasteiger partial charge in [-0.15, -0.1) is 6.58 Å². The number of ether oxygens (including phenoxy) is 1. The van der Waals surface area contributed by atoms with Gasteiger partial charge in [-0.25, -0.2) is 0 Å². The highest BCUT2D eigenvalue weighted by Gasteiger charge is 2.27. The highest BCUT2D eigenvalue weighted by Crippen LogP contribution is 2.38. The third-order valence-electron chi connectivity index (χ3n) is 3.54. The summed E-state index contributed by atoms with van der Waals surface area (Å²) in [6, 6.07) is 0.613. The molecule has 0 aliphatic heterocycles. The van der Waals surface area contributed by atoms with Crippen molar-refractivity contribution in [2.45, 2.75) is 32.2 Å². The normalized spacial score (nSPS) is 24.3. The summed E-state index contributed by atoms with van der Waals surface area (Å²) in [6.07, 6.45) is 10.3. The predicted octanol–water partition coefficient (Wildman–Crippen LogP) is 3.31. The minimum absolute atomic E-state index is 0.543. The Morgan fingerprint density at radius 2 is 2.33 bits per heavy atom. The van der Waals surface area contributed by atoms with Crippen molar-refractivity contribution < 1.29 is 4.74 Å². The van der Waals surface area contributed by atoms with Gasteiger partial charge in [-0.05, 0) is 48.6 Å². The second kappa shape index (κ2) is 6.17. The van der Waals surface area contributed by atoms with Crippen molar-refractivity contribution in [2.75, 3.05) is 13.2 Å². The zero-order chi connectivity index (χ0) is 13.0. The zero-order valence-corrected chi connectivity index (χ0v) is 11.2. The van der Waals surface area contributed by atoms with E-state index in [2.05, 4.69) is 31.5 Å². The fourth-order valence-corrected chi connectivity index (χ4v) is 2.66. The van der Waals surface area contributed by atoms with Crippen LogP contribution in [-0.2, 0) is 4.74 Å². The van der Waals surface area contributed by atoms with Crippen LogP contribution in [0.5, 0.6) is 0 Å². The van der Waals surface area contributed by atoms with Crippen LogP contribution in [0.15, 0.2) is 48.1 Å². The summed E-state index contributed by atoms with van der Waals surface area (Å²) in [4.78, 5) is 0. The van der Waals surface area contributed by atoms with Gasteiger partial charge in [0.2, 0.25) is 0 Å². The van der Waals surface area contributed by atoms with Gasteiger partial charge in [0.1, 0.15) is 6.10 Å². The Bertz CT molecular complexity index is 392. The lowest BCUT2D eigenvalue weighted by atomic mass is 9.80. The van der Waals surface area contributed by atoms with E-state index in [1.807, 2.05) is 6.08 Å². The molecule has 18 heavy (non-hydrogen) atoms. The molecule has 0 fully saturated rings. The molecule has 0 amide bonds. The molecular weight excluding hydrogens is 222 g/mol. The summed E-state index contributed by atoms with van der Waals surface area (Å²) >= 11 is 0. The van der Waals surface area contributed by atoms with Gasteiger partial charge in [-0.3, -0.25) is 0 Å². The van der Waals surface area contributed by atoms with Crippen molar-refractivity contribution in [1.29, 1.82) is 0 Å². The fourth-order valence-electron chi connectivity index (χ4n) is 2.66. The van der Waals surface area contributed by atoms with Crippen LogP contribution >= 0.6 is 0 Å². The largest absolute Gasteiger partial charge is 0.358 e. The van der Waals surface area contributed by atoms with E-state index >= 15 is 0 Å². The SMILES string of the molecule is C=CCO[C]1C=CC2=C(CCC(NCC)C2)C1=C. The van der Waals surface area contributed by atoms with Gasteiger partial charge in [0.15, 0.2) is 0 Å². The molecule has 0 aromatic carbocycles. The molecule has 97 valence electrons. The molecule has 2 aliphatic carbocycles. The van der Waals surface area contributed by atoms with Crippen LogP contribution in [0.3, 0.4) is 0 Å². The second-order valence-electron chi connectivity index (χ2n) is 4.78. The van der Waals surface area contributed by atoms with E-state index in [9.17, 15) is 0 Å². The first-order chi connectivity index (χ1) is 8.76. The molecule has 1 unspecified atom stereocenters. The lowest BCUT2D eigenvalue weighted by Crippen LogP contribution is -2.32. The Balaban J connectivity index is 2.04. The van der Waals surface area contributed by atoms with Gasteiger partial charge >= 0.3 is 0 Å². The Labute approximate surface area is 110 Å². The van der Waals surface area contributed by atoms with Crippen LogP contribution in [0, 0.1) is 6.10 Å². The van der Waals surface area contributed by atoms with E-state index in [1.165, 1.54) is 17.6 Å². The maximum absolute atomic E-state index is 5.63. The molecule has 0 spiro atoms. The standard InChI is InChI=1S/C16H22NO/c1-4-10-18-16-9-6-13-11-14(17-5-2)7-8-15(13)12(16)3/h4,6,9,14,17H,1,3,5,7-8,10-11H2,2H3. The third kappa shape index (κ3) is 2.82. The molecule has 0 aromatic rings. The Morgan fingerprint density at radius 3 is 3.06 bits per heavy atom. The molecule has 0 saturated heterocycles. The van der Waals surface area contributed by atoms with Crippen LogP contribution < -0.4 is 5.32 Å². The number of allylic oxidation sites excluding steroid dienone is 1. The summed E-state index contributed by atoms with van der Waals surface area (Å²) in [5, 5.41) is 3.53. The van der Waals surface area contributed by atoms with Gasteiger partial charge in [0.25, 0.3) is 0 Å². The van der Waals surface area contributed by atoms with E-state index in [1.54, 1.807) is 6.08 Å². The lowest BCUT2D eigenvalue weighted by molar-refractivity contribution is 0.210. The first-order valence-corrected chi connectivity index (χ1v) is 6.70. The molecule has 2 nitrogen and oxygen atoms in total. The summed E-state index contributed by atoms with van der Waals surface area (Å²) in [7, 11) is 0. The van der Waals surface area contributed by atoms with E-state index in [0.717, 1.165) is 31.1 Å². The maximum Gasteiger partial charge on any atom is 0.148 e. The molecule has 1 atom stereocenters. The van der Waals surface area contributed by atoms with Gasteiger partial charge in [-0.1, -0.05) is 25.7 Å². The van der Waals surface area contributed by atoms with Crippen molar-refractivity contribution >= 4 is 0 Å². The Hall–Kier alpha value is -1.12. The second-order valence-corrected chi connectivity index (χ2v) is 4.78. The van der Waals surface area contributed by atoms with Gasteiger partial charge in [-0.2, -0.15) is 0 Å². The fraction of sp³-hybridized carbons (Fsp3) is 0.438. The molecule has 2 rings (SSSR count). The van der Waals surface area contributed by atoms with Crippen LogP contribution in [0.4, 0.5) is 0 Å². The molecule has 0 saturated carbocycles. The van der Waals surface area contributed by atoms with Gasteiger partial charge in [0, 0.05) is 6.04 Å². The molecular formula is C16H22NO. The first kappa shape index (κ1) is 13.3. The summed E-state index contributed by atoms with van der Waals surface area (Å²) < 4.78 is 5.63. The van der Waals surface area contributed by atoms with Crippen molar-refractivity contribution in [3.63, 3.8) is 0 Å². The van der Waals surface area contributed by atoms with E-state index < -0.39 is 0 Å². The van der Waals surface area contributed by atoms with Crippen molar-refractivity contribution in [3.8, 4) is 0 Å². The molecule has 1 N–H and O–H groups in total. The topological polar surface area (TPSA) is 21.3 Å². The minimum Gasteiger partial charge on any atom is -0.358 e. The monoisotopic (exact) mass is 244 g/mol. The maximum atomic E-state index is 5.63. The summed E-state index contributed by atoms with van der Waals surface area (Å²) in [6.45, 7) is 11.6. The van der Waals surface area contributed by atoms with Crippen molar-refractivity contribution in [2.24, 2.45) is 0 Å². The quantitative estimate of drug-likeness (QED) is 0.749. The number of rotatable bonds is 5. The molecule has 2 heteroatoms. The number of hydrogen-bond acceptors (Lipinski definition) is 2. The highest BCUT2D eigenvalue weighted by atomic mass is 16.5. The van der Waals surface area contributed by atoms with Crippen molar-refractivity contribution in [1.82, 2.24) is 5.32 Å². The van der Waals surface area contributed by atoms with Crippen LogP contribution in [0.1, 0.15) is 26.2 Å². The van der Waals surface area contributed by atoms with E-state index in [4.69, 9.17) is 4.74 Å². The smallest absolute Gasteiger partial charge is 0.148 e. The summed E-state index contributed by atoms with van der Waals surface area (Å²) in [5.41, 5.74) is 3.86. The molecule has 2 aliphatic rings. The average Bonchev–Trinajstić information content (AvgIpc) is 2.38. The van der Waals surface area contributed by atoms with E-state index in [0.29, 0.717) is 12.6 Å². The Kier molecular flexibility index (Phi) is 4.56. The zero-order valence-electron chi connectivity index (χ0n) is 11.2.